The van der Waals surface area contributed by atoms with Crippen LogP contribution in [0.4, 0.5) is 5.69 Å². The molecule has 3 aromatic carbocycles. The van der Waals surface area contributed by atoms with E-state index in [1.54, 1.807) is 36.0 Å². The Morgan fingerprint density at radius 3 is 2.10 bits per heavy atom. The van der Waals surface area contributed by atoms with E-state index in [9.17, 15) is 19.2 Å². The molecular formula is C40H47N7O4. The average molecular weight is 690 g/mol. The summed E-state index contributed by atoms with van der Waals surface area (Å²) >= 11 is 0. The Morgan fingerprint density at radius 1 is 0.784 bits per heavy atom. The maximum atomic E-state index is 13.9. The van der Waals surface area contributed by atoms with Crippen molar-refractivity contribution < 1.29 is 19.2 Å². The zero-order chi connectivity index (χ0) is 35.7. The molecule has 266 valence electrons. The molecule has 0 spiro atoms. The summed E-state index contributed by atoms with van der Waals surface area (Å²) in [6, 6.07) is 26.0. The number of hydrogen-bond donors (Lipinski definition) is 3. The molecule has 1 fully saturated rings. The molecule has 1 saturated heterocycles. The van der Waals surface area contributed by atoms with Crippen molar-refractivity contribution in [2.24, 2.45) is 5.92 Å². The number of hydrogen-bond acceptors (Lipinski definition) is 6. The monoisotopic (exact) mass is 689 g/mol. The van der Waals surface area contributed by atoms with E-state index >= 15 is 0 Å². The van der Waals surface area contributed by atoms with Gasteiger partial charge in [0.25, 0.3) is 5.91 Å². The molecular weight excluding hydrogens is 642 g/mol. The SMILES string of the molecule is CCC(=O)N[C@H](Cc1ccc(NC(=O)[C@@H](NC(=O)c2ccnn2CC)C2Cc3ccccc3C2)cc1)C(=O)N1CCN(Cc2ccccc2)CC1. The molecule has 11 heteroatoms. The van der Waals surface area contributed by atoms with Crippen LogP contribution >= 0.6 is 0 Å². The normalized spacial score (nSPS) is 15.8. The highest BCUT2D eigenvalue weighted by molar-refractivity contribution is 6.00. The predicted molar refractivity (Wildman–Crippen MR) is 196 cm³/mol. The van der Waals surface area contributed by atoms with E-state index in [2.05, 4.69) is 50.2 Å². The molecule has 0 radical (unpaired) electrons. The van der Waals surface area contributed by atoms with Crippen molar-refractivity contribution in [2.75, 3.05) is 31.5 Å². The minimum absolute atomic E-state index is 0.0888. The number of nitrogens with zero attached hydrogens (tertiary/aromatic N) is 4. The Labute approximate surface area is 299 Å². The highest BCUT2D eigenvalue weighted by Crippen LogP contribution is 2.29. The summed E-state index contributed by atoms with van der Waals surface area (Å²) in [4.78, 5) is 57.6. The van der Waals surface area contributed by atoms with E-state index in [0.717, 1.165) is 25.2 Å². The standard InChI is InChI=1S/C40H47N7O4/c1-3-36(48)43-34(40(51)46-22-20-45(21-23-46)27-29-10-6-5-7-11-29)24-28-14-16-33(17-15-28)42-39(50)37(32-25-30-12-8-9-13-31(30)26-32)44-38(49)35-18-19-41-47(35)4-2/h5-19,32,34,37H,3-4,20-27H2,1-2H3,(H,42,50)(H,43,48)(H,44,49)/t34-,37+/m1/s1. The second-order valence-electron chi connectivity index (χ2n) is 13.4. The maximum absolute atomic E-state index is 13.9. The lowest BCUT2D eigenvalue weighted by Gasteiger charge is -2.36. The molecule has 51 heavy (non-hydrogen) atoms. The van der Waals surface area contributed by atoms with E-state index < -0.39 is 12.1 Å². The van der Waals surface area contributed by atoms with Crippen LogP contribution in [-0.2, 0) is 46.7 Å². The average Bonchev–Trinajstić information content (AvgIpc) is 3.82. The van der Waals surface area contributed by atoms with Gasteiger partial charge < -0.3 is 20.9 Å². The van der Waals surface area contributed by atoms with Crippen LogP contribution in [0.5, 0.6) is 0 Å². The number of anilines is 1. The van der Waals surface area contributed by atoms with Crippen molar-refractivity contribution in [2.45, 2.75) is 64.7 Å². The van der Waals surface area contributed by atoms with E-state index in [-0.39, 0.29) is 36.0 Å². The van der Waals surface area contributed by atoms with Crippen LogP contribution in [0, 0.1) is 5.92 Å². The van der Waals surface area contributed by atoms with Crippen LogP contribution in [0.1, 0.15) is 53.0 Å². The van der Waals surface area contributed by atoms with Gasteiger partial charge in [0.1, 0.15) is 17.8 Å². The molecule has 1 aliphatic carbocycles. The quantitative estimate of drug-likeness (QED) is 0.196. The molecule has 4 aromatic rings. The summed E-state index contributed by atoms with van der Waals surface area (Å²) in [5, 5.41) is 13.2. The number of carbonyl (C=O) groups is 4. The van der Waals surface area contributed by atoms with Gasteiger partial charge >= 0.3 is 0 Å². The van der Waals surface area contributed by atoms with Gasteiger partial charge in [-0.15, -0.1) is 0 Å². The van der Waals surface area contributed by atoms with Crippen LogP contribution in [0.2, 0.25) is 0 Å². The Hall–Kier alpha value is -5.29. The summed E-state index contributed by atoms with van der Waals surface area (Å²) in [5.41, 5.74) is 5.45. The van der Waals surface area contributed by atoms with Gasteiger partial charge in [0, 0.05) is 64.0 Å². The van der Waals surface area contributed by atoms with Gasteiger partial charge in [-0.2, -0.15) is 5.10 Å². The van der Waals surface area contributed by atoms with Crippen LogP contribution in [-0.4, -0.2) is 81.5 Å². The maximum Gasteiger partial charge on any atom is 0.270 e. The Balaban J connectivity index is 1.10. The molecule has 2 heterocycles. The van der Waals surface area contributed by atoms with Crippen LogP contribution < -0.4 is 16.0 Å². The van der Waals surface area contributed by atoms with Gasteiger partial charge in [-0.1, -0.05) is 73.7 Å². The number of aromatic nitrogens is 2. The zero-order valence-corrected chi connectivity index (χ0v) is 29.4. The minimum atomic E-state index is -0.774. The summed E-state index contributed by atoms with van der Waals surface area (Å²) in [5.74, 6) is -1.02. The largest absolute Gasteiger partial charge is 0.344 e. The molecule has 6 rings (SSSR count). The number of rotatable bonds is 13. The summed E-state index contributed by atoms with van der Waals surface area (Å²) in [7, 11) is 0. The summed E-state index contributed by atoms with van der Waals surface area (Å²) in [6.45, 7) is 7.78. The van der Waals surface area contributed by atoms with E-state index in [4.69, 9.17) is 0 Å². The van der Waals surface area contributed by atoms with Gasteiger partial charge in [-0.25, -0.2) is 0 Å². The van der Waals surface area contributed by atoms with Crippen molar-refractivity contribution in [1.29, 1.82) is 0 Å². The molecule has 2 atom stereocenters. The lowest BCUT2D eigenvalue weighted by Crippen LogP contribution is -2.55. The Morgan fingerprint density at radius 2 is 1.45 bits per heavy atom. The summed E-state index contributed by atoms with van der Waals surface area (Å²) in [6.07, 6.45) is 3.56. The molecule has 0 unspecified atom stereocenters. The third kappa shape index (κ3) is 8.90. The van der Waals surface area contributed by atoms with Crippen molar-refractivity contribution in [3.63, 3.8) is 0 Å². The Bertz CT molecular complexity index is 1790. The molecule has 1 aliphatic heterocycles. The number of benzene rings is 3. The zero-order valence-electron chi connectivity index (χ0n) is 29.4. The summed E-state index contributed by atoms with van der Waals surface area (Å²) < 4.78 is 1.61. The van der Waals surface area contributed by atoms with Crippen molar-refractivity contribution in [3.05, 3.63) is 119 Å². The second-order valence-corrected chi connectivity index (χ2v) is 13.4. The van der Waals surface area contributed by atoms with E-state index in [1.807, 2.05) is 54.3 Å². The van der Waals surface area contributed by atoms with Crippen molar-refractivity contribution in [1.82, 2.24) is 30.2 Å². The van der Waals surface area contributed by atoms with E-state index in [1.165, 1.54) is 16.7 Å². The van der Waals surface area contributed by atoms with Gasteiger partial charge in [-0.3, -0.25) is 28.8 Å². The molecule has 1 aromatic heterocycles. The fourth-order valence-corrected chi connectivity index (χ4v) is 7.08. The number of amides is 4. The number of carbonyl (C=O) groups excluding carboxylic acids is 4. The third-order valence-corrected chi connectivity index (χ3v) is 9.92. The molecule has 0 bridgehead atoms. The molecule has 0 saturated carbocycles. The molecule has 3 N–H and O–H groups in total. The lowest BCUT2D eigenvalue weighted by molar-refractivity contribution is -0.138. The number of fused-ring (bicyclic) bond motifs is 1. The first-order valence-corrected chi connectivity index (χ1v) is 17.9. The molecule has 2 aliphatic rings. The highest BCUT2D eigenvalue weighted by Gasteiger charge is 2.35. The number of nitrogens with one attached hydrogen (secondary N) is 3. The van der Waals surface area contributed by atoms with Gasteiger partial charge in [0.15, 0.2) is 0 Å². The highest BCUT2D eigenvalue weighted by atomic mass is 16.2. The number of piperazine rings is 1. The van der Waals surface area contributed by atoms with E-state index in [0.29, 0.717) is 50.3 Å². The van der Waals surface area contributed by atoms with Gasteiger partial charge in [-0.05, 0) is 66.1 Å². The fraction of sp³-hybridized carbons (Fsp3) is 0.375. The fourth-order valence-electron chi connectivity index (χ4n) is 7.08. The molecule has 11 nitrogen and oxygen atoms in total. The first-order valence-electron chi connectivity index (χ1n) is 17.9. The number of aryl methyl sites for hydroxylation is 1. The predicted octanol–water partition coefficient (Wildman–Crippen LogP) is 3.84. The van der Waals surface area contributed by atoms with Gasteiger partial charge in [0.2, 0.25) is 17.7 Å². The van der Waals surface area contributed by atoms with Gasteiger partial charge in [0.05, 0.1) is 0 Å². The first kappa shape index (κ1) is 35.5. The lowest BCUT2D eigenvalue weighted by atomic mass is 9.95. The van der Waals surface area contributed by atoms with Crippen molar-refractivity contribution in [3.8, 4) is 0 Å². The first-order chi connectivity index (χ1) is 24.8. The third-order valence-electron chi connectivity index (χ3n) is 9.92. The Kier molecular flexibility index (Phi) is 11.6. The topological polar surface area (TPSA) is 129 Å². The minimum Gasteiger partial charge on any atom is -0.344 e. The van der Waals surface area contributed by atoms with Crippen LogP contribution in [0.3, 0.4) is 0 Å². The molecule has 4 amide bonds. The van der Waals surface area contributed by atoms with Crippen LogP contribution in [0.15, 0.2) is 91.1 Å². The van der Waals surface area contributed by atoms with Crippen LogP contribution in [0.25, 0.3) is 0 Å². The smallest absolute Gasteiger partial charge is 0.270 e. The second kappa shape index (κ2) is 16.6. The van der Waals surface area contributed by atoms with Crippen molar-refractivity contribution >= 4 is 29.3 Å².